The number of thiophene rings is 1. The summed E-state index contributed by atoms with van der Waals surface area (Å²) in [5.74, 6) is 0.332. The number of esters is 1. The smallest absolute Gasteiger partial charge is 0.353 e. The minimum atomic E-state index is -0.427. The van der Waals surface area contributed by atoms with E-state index in [1.54, 1.807) is 36.4 Å². The summed E-state index contributed by atoms with van der Waals surface area (Å²) in [5, 5.41) is 11.2. The standard InChI is InChI=1S/C21H15NO3S/c1-24-19-13-15(12-17(14-22)16-6-3-2-4-7-16)9-10-18(19)25-21(23)20-8-5-11-26-20/h2-13H,1H3/b17-12-. The van der Waals surface area contributed by atoms with Crippen molar-refractivity contribution in [2.75, 3.05) is 7.11 Å². The molecule has 1 heterocycles. The Bertz CT molecular complexity index is 970. The number of nitriles is 1. The Morgan fingerprint density at radius 3 is 2.54 bits per heavy atom. The summed E-state index contributed by atoms with van der Waals surface area (Å²) in [6.07, 6.45) is 1.77. The molecule has 3 rings (SSSR count). The highest BCUT2D eigenvalue weighted by atomic mass is 32.1. The maximum atomic E-state index is 12.1. The Hall–Kier alpha value is -3.36. The predicted molar refractivity (Wildman–Crippen MR) is 102 cm³/mol. The van der Waals surface area contributed by atoms with Crippen LogP contribution in [-0.2, 0) is 0 Å². The van der Waals surface area contributed by atoms with Crippen LogP contribution in [0.4, 0.5) is 0 Å². The van der Waals surface area contributed by atoms with Crippen molar-refractivity contribution < 1.29 is 14.3 Å². The van der Waals surface area contributed by atoms with Crippen molar-refractivity contribution in [1.29, 1.82) is 5.26 Å². The third-order valence-corrected chi connectivity index (χ3v) is 4.48. The van der Waals surface area contributed by atoms with Gasteiger partial charge < -0.3 is 9.47 Å². The van der Waals surface area contributed by atoms with E-state index in [9.17, 15) is 10.1 Å². The van der Waals surface area contributed by atoms with Crippen molar-refractivity contribution in [3.8, 4) is 17.6 Å². The lowest BCUT2D eigenvalue weighted by atomic mass is 10.0. The molecule has 0 saturated carbocycles. The first-order valence-corrected chi connectivity index (χ1v) is 8.70. The van der Waals surface area contributed by atoms with Gasteiger partial charge >= 0.3 is 5.97 Å². The van der Waals surface area contributed by atoms with Crippen molar-refractivity contribution in [3.63, 3.8) is 0 Å². The highest BCUT2D eigenvalue weighted by Crippen LogP contribution is 2.30. The van der Waals surface area contributed by atoms with E-state index in [0.717, 1.165) is 11.1 Å². The molecule has 0 saturated heterocycles. The van der Waals surface area contributed by atoms with Gasteiger partial charge in [0.15, 0.2) is 11.5 Å². The molecule has 0 amide bonds. The van der Waals surface area contributed by atoms with Crippen LogP contribution in [-0.4, -0.2) is 13.1 Å². The van der Waals surface area contributed by atoms with E-state index in [1.165, 1.54) is 18.4 Å². The van der Waals surface area contributed by atoms with E-state index in [0.29, 0.717) is 21.9 Å². The average Bonchev–Trinajstić information content (AvgIpc) is 3.22. The quantitative estimate of drug-likeness (QED) is 0.276. The maximum absolute atomic E-state index is 12.1. The van der Waals surface area contributed by atoms with Gasteiger partial charge in [-0.05, 0) is 40.8 Å². The van der Waals surface area contributed by atoms with Crippen molar-refractivity contribution in [1.82, 2.24) is 0 Å². The van der Waals surface area contributed by atoms with Gasteiger partial charge in [0, 0.05) is 0 Å². The SMILES string of the molecule is COc1cc(/C=C(/C#N)c2ccccc2)ccc1OC(=O)c1cccs1. The highest BCUT2D eigenvalue weighted by molar-refractivity contribution is 7.12. The zero-order valence-corrected chi connectivity index (χ0v) is 14.8. The Labute approximate surface area is 155 Å². The number of benzene rings is 2. The second kappa shape index (κ2) is 8.15. The van der Waals surface area contributed by atoms with Gasteiger partial charge in [0.05, 0.1) is 18.8 Å². The molecule has 1 aromatic heterocycles. The summed E-state index contributed by atoms with van der Waals surface area (Å²) in [6, 6.07) is 20.3. The number of methoxy groups -OCH3 is 1. The molecule has 0 spiro atoms. The first-order chi connectivity index (χ1) is 12.7. The van der Waals surface area contributed by atoms with Crippen LogP contribution in [0.15, 0.2) is 66.0 Å². The van der Waals surface area contributed by atoms with Crippen LogP contribution in [0.25, 0.3) is 11.6 Å². The highest BCUT2D eigenvalue weighted by Gasteiger charge is 2.13. The number of allylic oxidation sites excluding steroid dienone is 1. The van der Waals surface area contributed by atoms with Crippen LogP contribution in [0.3, 0.4) is 0 Å². The summed E-state index contributed by atoms with van der Waals surface area (Å²) < 4.78 is 10.8. The normalized spacial score (nSPS) is 10.8. The van der Waals surface area contributed by atoms with Crippen molar-refractivity contribution >= 4 is 29.0 Å². The molecule has 128 valence electrons. The van der Waals surface area contributed by atoms with Gasteiger partial charge in [-0.3, -0.25) is 0 Å². The number of carbonyl (C=O) groups is 1. The topological polar surface area (TPSA) is 59.3 Å². The summed E-state index contributed by atoms with van der Waals surface area (Å²) >= 11 is 1.31. The average molecular weight is 361 g/mol. The Morgan fingerprint density at radius 1 is 1.08 bits per heavy atom. The minimum absolute atomic E-state index is 0.335. The molecule has 4 nitrogen and oxygen atoms in total. The second-order valence-corrected chi connectivity index (χ2v) is 6.26. The van der Waals surface area contributed by atoms with Gasteiger partial charge in [-0.15, -0.1) is 11.3 Å². The van der Waals surface area contributed by atoms with E-state index in [2.05, 4.69) is 6.07 Å². The number of hydrogen-bond acceptors (Lipinski definition) is 5. The molecule has 2 aromatic carbocycles. The molecule has 0 unspecified atom stereocenters. The molecule has 0 radical (unpaired) electrons. The zero-order chi connectivity index (χ0) is 18.4. The molecule has 3 aromatic rings. The molecule has 0 aliphatic carbocycles. The molecule has 0 N–H and O–H groups in total. The first-order valence-electron chi connectivity index (χ1n) is 7.82. The molecular formula is C21H15NO3S. The first kappa shape index (κ1) is 17.5. The summed E-state index contributed by atoms with van der Waals surface area (Å²) in [6.45, 7) is 0. The number of hydrogen-bond donors (Lipinski definition) is 0. The third-order valence-electron chi connectivity index (χ3n) is 3.63. The minimum Gasteiger partial charge on any atom is -0.493 e. The van der Waals surface area contributed by atoms with Crippen LogP contribution in [0.2, 0.25) is 0 Å². The lowest BCUT2D eigenvalue weighted by Gasteiger charge is -2.09. The van der Waals surface area contributed by atoms with Gasteiger partial charge in [-0.1, -0.05) is 42.5 Å². The predicted octanol–water partition coefficient (Wildman–Crippen LogP) is 5.04. The van der Waals surface area contributed by atoms with Crippen molar-refractivity contribution in [2.24, 2.45) is 0 Å². The molecule has 0 aliphatic heterocycles. The molecule has 5 heteroatoms. The van der Waals surface area contributed by atoms with Crippen LogP contribution in [0, 0.1) is 11.3 Å². The number of ether oxygens (including phenoxy) is 2. The van der Waals surface area contributed by atoms with Crippen LogP contribution < -0.4 is 9.47 Å². The molecule has 0 bridgehead atoms. The molecule has 0 atom stereocenters. The fraction of sp³-hybridized carbons (Fsp3) is 0.0476. The second-order valence-electron chi connectivity index (χ2n) is 5.31. The lowest BCUT2D eigenvalue weighted by Crippen LogP contribution is -2.07. The van der Waals surface area contributed by atoms with Gasteiger partial charge in [-0.2, -0.15) is 5.26 Å². The van der Waals surface area contributed by atoms with Crippen molar-refractivity contribution in [3.05, 3.63) is 82.0 Å². The van der Waals surface area contributed by atoms with Gasteiger partial charge in [0.2, 0.25) is 0 Å². The number of carbonyl (C=O) groups excluding carboxylic acids is 1. The maximum Gasteiger partial charge on any atom is 0.353 e. The summed E-state index contributed by atoms with van der Waals surface area (Å²) in [7, 11) is 1.51. The molecule has 0 fully saturated rings. The van der Waals surface area contributed by atoms with E-state index in [1.807, 2.05) is 35.7 Å². The van der Waals surface area contributed by atoms with E-state index >= 15 is 0 Å². The van der Waals surface area contributed by atoms with Gasteiger partial charge in [0.1, 0.15) is 4.88 Å². The van der Waals surface area contributed by atoms with Crippen molar-refractivity contribution in [2.45, 2.75) is 0 Å². The van der Waals surface area contributed by atoms with E-state index < -0.39 is 5.97 Å². The fourth-order valence-electron chi connectivity index (χ4n) is 2.37. The Kier molecular flexibility index (Phi) is 5.47. The summed E-state index contributed by atoms with van der Waals surface area (Å²) in [5.41, 5.74) is 2.15. The fourth-order valence-corrected chi connectivity index (χ4v) is 2.97. The third kappa shape index (κ3) is 4.00. The largest absolute Gasteiger partial charge is 0.493 e. The Balaban J connectivity index is 1.88. The van der Waals surface area contributed by atoms with E-state index in [4.69, 9.17) is 9.47 Å². The van der Waals surface area contributed by atoms with Gasteiger partial charge in [0.25, 0.3) is 0 Å². The molecule has 0 aliphatic rings. The monoisotopic (exact) mass is 361 g/mol. The van der Waals surface area contributed by atoms with E-state index in [-0.39, 0.29) is 0 Å². The number of rotatable bonds is 5. The van der Waals surface area contributed by atoms with Crippen LogP contribution in [0.1, 0.15) is 20.8 Å². The lowest BCUT2D eigenvalue weighted by molar-refractivity contribution is 0.0735. The zero-order valence-electron chi connectivity index (χ0n) is 14.0. The molecular weight excluding hydrogens is 346 g/mol. The Morgan fingerprint density at radius 2 is 1.88 bits per heavy atom. The number of nitrogens with zero attached hydrogens (tertiary/aromatic N) is 1. The summed E-state index contributed by atoms with van der Waals surface area (Å²) in [4.78, 5) is 12.6. The van der Waals surface area contributed by atoms with Crippen LogP contribution in [0.5, 0.6) is 11.5 Å². The van der Waals surface area contributed by atoms with Crippen LogP contribution >= 0.6 is 11.3 Å². The molecule has 26 heavy (non-hydrogen) atoms. The van der Waals surface area contributed by atoms with Gasteiger partial charge in [-0.25, -0.2) is 4.79 Å².